The van der Waals surface area contributed by atoms with E-state index >= 15 is 0 Å². The molecule has 146 valence electrons. The summed E-state index contributed by atoms with van der Waals surface area (Å²) >= 11 is 0. The van der Waals surface area contributed by atoms with Crippen molar-refractivity contribution in [1.82, 2.24) is 10.6 Å². The molecule has 0 radical (unpaired) electrons. The summed E-state index contributed by atoms with van der Waals surface area (Å²) in [7, 11) is 0. The molecule has 1 atom stereocenters. The molecule has 9 nitrogen and oxygen atoms in total. The second-order valence-corrected chi connectivity index (χ2v) is 6.49. The fourth-order valence-corrected chi connectivity index (χ4v) is 1.65. The van der Waals surface area contributed by atoms with Gasteiger partial charge in [-0.15, -0.1) is 0 Å². The Balaban J connectivity index is 3.50. The molecule has 0 aliphatic heterocycles. The van der Waals surface area contributed by atoms with E-state index in [1.165, 1.54) is 0 Å². The van der Waals surface area contributed by atoms with Crippen molar-refractivity contribution in [3.8, 4) is 0 Å². The van der Waals surface area contributed by atoms with E-state index in [1.807, 2.05) is 0 Å². The maximum absolute atomic E-state index is 11.5. The largest absolute Gasteiger partial charge is 0.481 e. The lowest BCUT2D eigenvalue weighted by Gasteiger charge is -2.19. The number of amides is 2. The van der Waals surface area contributed by atoms with E-state index in [-0.39, 0.29) is 38.2 Å². The van der Waals surface area contributed by atoms with Crippen LogP contribution >= 0.6 is 0 Å². The van der Waals surface area contributed by atoms with Crippen molar-refractivity contribution in [3.05, 3.63) is 0 Å². The smallest absolute Gasteiger partial charge is 0.407 e. The molecule has 1 unspecified atom stereocenters. The molecule has 0 spiro atoms. The molecule has 9 heteroatoms. The molecular formula is C16H30N2O7. The number of rotatable bonds is 12. The van der Waals surface area contributed by atoms with Gasteiger partial charge in [-0.2, -0.15) is 0 Å². The summed E-state index contributed by atoms with van der Waals surface area (Å²) in [5.74, 6) is -1.19. The maximum atomic E-state index is 11.5. The quantitative estimate of drug-likeness (QED) is 0.441. The van der Waals surface area contributed by atoms with Crippen LogP contribution in [0.15, 0.2) is 0 Å². The summed E-state index contributed by atoms with van der Waals surface area (Å²) in [6, 6.07) is -0.220. The lowest BCUT2D eigenvalue weighted by atomic mass is 10.2. The zero-order chi connectivity index (χ0) is 19.3. The highest BCUT2D eigenvalue weighted by Gasteiger charge is 2.15. The molecule has 0 bridgehead atoms. The minimum absolute atomic E-state index is 0.00742. The van der Waals surface area contributed by atoms with Crippen LogP contribution in [-0.4, -0.2) is 67.7 Å². The van der Waals surface area contributed by atoms with Gasteiger partial charge in [0.05, 0.1) is 19.8 Å². The Hall–Kier alpha value is -1.87. The van der Waals surface area contributed by atoms with E-state index in [4.69, 9.17) is 19.3 Å². The number of alkyl carbamates (subject to hydrolysis) is 1. The van der Waals surface area contributed by atoms with Crippen molar-refractivity contribution < 1.29 is 33.7 Å². The monoisotopic (exact) mass is 362 g/mol. The van der Waals surface area contributed by atoms with E-state index in [2.05, 4.69) is 10.6 Å². The first-order valence-corrected chi connectivity index (χ1v) is 8.23. The second kappa shape index (κ2) is 12.5. The molecule has 0 aromatic heterocycles. The summed E-state index contributed by atoms with van der Waals surface area (Å²) in [6.45, 7) is 8.12. The summed E-state index contributed by atoms with van der Waals surface area (Å²) in [5.41, 5.74) is -0.537. The van der Waals surface area contributed by atoms with Crippen LogP contribution in [0.25, 0.3) is 0 Å². The van der Waals surface area contributed by atoms with E-state index in [0.29, 0.717) is 19.6 Å². The van der Waals surface area contributed by atoms with Crippen molar-refractivity contribution in [2.75, 3.05) is 33.0 Å². The first-order valence-electron chi connectivity index (χ1n) is 8.23. The van der Waals surface area contributed by atoms with Crippen molar-refractivity contribution in [2.45, 2.75) is 52.2 Å². The van der Waals surface area contributed by atoms with Crippen LogP contribution < -0.4 is 10.6 Å². The standard InChI is InChI=1S/C16H30N2O7/c1-12(5-6-14(20)21)18-13(19)11-24-10-9-23-8-7-17-15(22)25-16(2,3)4/h12H,5-11H2,1-4H3,(H,17,22)(H,18,19)(H,20,21). The fraction of sp³-hybridized carbons (Fsp3) is 0.812. The van der Waals surface area contributed by atoms with Crippen molar-refractivity contribution in [3.63, 3.8) is 0 Å². The number of hydrogen-bond acceptors (Lipinski definition) is 6. The van der Waals surface area contributed by atoms with Crippen molar-refractivity contribution >= 4 is 18.0 Å². The summed E-state index contributed by atoms with van der Waals surface area (Å²) in [5, 5.41) is 13.8. The van der Waals surface area contributed by atoms with Gasteiger partial charge in [0.25, 0.3) is 0 Å². The number of ether oxygens (including phenoxy) is 3. The molecule has 0 saturated heterocycles. The van der Waals surface area contributed by atoms with Crippen LogP contribution in [0.5, 0.6) is 0 Å². The Bertz CT molecular complexity index is 421. The molecule has 0 rings (SSSR count). The van der Waals surface area contributed by atoms with Gasteiger partial charge in [-0.3, -0.25) is 9.59 Å². The van der Waals surface area contributed by atoms with E-state index in [1.54, 1.807) is 27.7 Å². The number of carboxylic acid groups (broad SMARTS) is 1. The van der Waals surface area contributed by atoms with Crippen LogP contribution in [0.1, 0.15) is 40.5 Å². The van der Waals surface area contributed by atoms with E-state index in [0.717, 1.165) is 0 Å². The Labute approximate surface area is 148 Å². The number of carbonyl (C=O) groups excluding carboxylic acids is 2. The third-order valence-electron chi connectivity index (χ3n) is 2.72. The van der Waals surface area contributed by atoms with Gasteiger partial charge in [-0.1, -0.05) is 0 Å². The molecule has 0 heterocycles. The third kappa shape index (κ3) is 16.8. The Morgan fingerprint density at radius 1 is 1.08 bits per heavy atom. The third-order valence-corrected chi connectivity index (χ3v) is 2.72. The normalized spacial score (nSPS) is 12.3. The average molecular weight is 362 g/mol. The molecule has 0 fully saturated rings. The van der Waals surface area contributed by atoms with Crippen molar-refractivity contribution in [2.24, 2.45) is 0 Å². The van der Waals surface area contributed by atoms with Crippen LogP contribution in [0.3, 0.4) is 0 Å². The van der Waals surface area contributed by atoms with Crippen LogP contribution in [0.4, 0.5) is 4.79 Å². The number of aliphatic carboxylic acids is 1. The second-order valence-electron chi connectivity index (χ2n) is 6.49. The molecule has 2 amide bonds. The molecule has 0 aromatic rings. The predicted octanol–water partition coefficient (Wildman–Crippen LogP) is 0.914. The highest BCUT2D eigenvalue weighted by molar-refractivity contribution is 5.77. The summed E-state index contributed by atoms with van der Waals surface area (Å²) < 4.78 is 15.5. The topological polar surface area (TPSA) is 123 Å². The van der Waals surface area contributed by atoms with Gasteiger partial charge in [0.15, 0.2) is 0 Å². The van der Waals surface area contributed by atoms with Gasteiger partial charge in [0, 0.05) is 19.0 Å². The first kappa shape index (κ1) is 23.1. The molecule has 0 aliphatic carbocycles. The Kier molecular flexibility index (Phi) is 11.6. The average Bonchev–Trinajstić information content (AvgIpc) is 2.46. The summed E-state index contributed by atoms with van der Waals surface area (Å²) in [4.78, 5) is 33.3. The predicted molar refractivity (Wildman–Crippen MR) is 90.3 cm³/mol. The number of hydrogen-bond donors (Lipinski definition) is 3. The van der Waals surface area contributed by atoms with E-state index < -0.39 is 17.7 Å². The van der Waals surface area contributed by atoms with Crippen molar-refractivity contribution in [1.29, 1.82) is 0 Å². The number of carboxylic acids is 1. The lowest BCUT2D eigenvalue weighted by molar-refractivity contribution is -0.137. The molecule has 25 heavy (non-hydrogen) atoms. The van der Waals surface area contributed by atoms with Crippen LogP contribution in [0, 0.1) is 0 Å². The van der Waals surface area contributed by atoms with Gasteiger partial charge in [0.2, 0.25) is 5.91 Å². The van der Waals surface area contributed by atoms with Gasteiger partial charge >= 0.3 is 12.1 Å². The van der Waals surface area contributed by atoms with E-state index in [9.17, 15) is 14.4 Å². The SMILES string of the molecule is CC(CCC(=O)O)NC(=O)COCCOCCNC(=O)OC(C)(C)C. The first-order chi connectivity index (χ1) is 11.6. The minimum atomic E-state index is -0.893. The zero-order valence-corrected chi connectivity index (χ0v) is 15.4. The van der Waals surface area contributed by atoms with Gasteiger partial charge in [-0.05, 0) is 34.1 Å². The number of nitrogens with one attached hydrogen (secondary N) is 2. The minimum Gasteiger partial charge on any atom is -0.481 e. The highest BCUT2D eigenvalue weighted by atomic mass is 16.6. The molecule has 0 aromatic carbocycles. The summed E-state index contributed by atoms with van der Waals surface area (Å²) in [6.07, 6.45) is -0.122. The number of carbonyl (C=O) groups is 3. The fourth-order valence-electron chi connectivity index (χ4n) is 1.65. The van der Waals surface area contributed by atoms with Crippen LogP contribution in [-0.2, 0) is 23.8 Å². The lowest BCUT2D eigenvalue weighted by Crippen LogP contribution is -2.36. The molecule has 0 saturated carbocycles. The Morgan fingerprint density at radius 3 is 2.32 bits per heavy atom. The molecule has 3 N–H and O–H groups in total. The highest BCUT2D eigenvalue weighted by Crippen LogP contribution is 2.06. The van der Waals surface area contributed by atoms with Gasteiger partial charge in [0.1, 0.15) is 12.2 Å². The van der Waals surface area contributed by atoms with Crippen LogP contribution in [0.2, 0.25) is 0 Å². The Morgan fingerprint density at radius 2 is 1.72 bits per heavy atom. The zero-order valence-electron chi connectivity index (χ0n) is 15.4. The molecular weight excluding hydrogens is 332 g/mol. The molecule has 0 aliphatic rings. The van der Waals surface area contributed by atoms with Gasteiger partial charge < -0.3 is 30.0 Å². The van der Waals surface area contributed by atoms with Gasteiger partial charge in [-0.25, -0.2) is 4.79 Å². The maximum Gasteiger partial charge on any atom is 0.407 e.